The van der Waals surface area contributed by atoms with E-state index in [9.17, 15) is 13.2 Å². The van der Waals surface area contributed by atoms with Crippen LogP contribution in [0.4, 0.5) is 13.2 Å². The highest BCUT2D eigenvalue weighted by Crippen LogP contribution is 2.47. The maximum absolute atomic E-state index is 10.7. The largest absolute Gasteiger partial charge is 0.741 e. The third-order valence-electron chi connectivity index (χ3n) is 3.05. The predicted octanol–water partition coefficient (Wildman–Crippen LogP) is 4.59. The Hall–Kier alpha value is -1.42. The van der Waals surface area contributed by atoms with Crippen LogP contribution < -0.4 is 0 Å². The third-order valence-corrected chi connectivity index (χ3v) is 7.83. The molecule has 1 aliphatic rings. The van der Waals surface area contributed by atoms with Crippen LogP contribution in [-0.2, 0) is 20.0 Å². The molecule has 0 spiro atoms. The fourth-order valence-corrected chi connectivity index (χ4v) is 6.14. The smallest absolute Gasteiger partial charge is 0.485 e. The topological polar surface area (TPSA) is 57.2 Å². The number of hydrogen-bond acceptors (Lipinski definition) is 4. The van der Waals surface area contributed by atoms with Crippen molar-refractivity contribution in [2.75, 3.05) is 5.75 Å². The molecule has 0 fully saturated rings. The molecule has 1 atom stereocenters. The van der Waals surface area contributed by atoms with E-state index < -0.39 is 15.6 Å². The second kappa shape index (κ2) is 7.86. The monoisotopic (exact) mass is 406 g/mol. The van der Waals surface area contributed by atoms with E-state index in [0.717, 1.165) is 5.75 Å². The maximum atomic E-state index is 10.7. The first kappa shape index (κ1) is 19.9. The van der Waals surface area contributed by atoms with Crippen molar-refractivity contribution < 1.29 is 26.1 Å². The molecule has 0 saturated heterocycles. The minimum absolute atomic E-state index is 0.218. The molecule has 0 radical (unpaired) electrons. The Labute approximate surface area is 150 Å². The lowest BCUT2D eigenvalue weighted by Crippen LogP contribution is -2.21. The van der Waals surface area contributed by atoms with Gasteiger partial charge in [-0.1, -0.05) is 36.9 Å². The van der Waals surface area contributed by atoms with Crippen LogP contribution in [0.2, 0.25) is 0 Å². The summed E-state index contributed by atoms with van der Waals surface area (Å²) in [7, 11) is -3.89. The Morgan fingerprint density at radius 1 is 1.08 bits per heavy atom. The first-order valence-corrected chi connectivity index (χ1v) is 11.0. The molecule has 0 N–H and O–H groups in total. The van der Waals surface area contributed by atoms with Gasteiger partial charge in [0.2, 0.25) is 0 Å². The standard InChI is InChI=1S/C15H13S2.CHF3O3S/c1-2-11-17-15-10-6-4-8-13(15)12-7-3-5-9-14(12)16-17;2-1(3,4)8(5,6)7/h2-10H,1,11H2;(H,5,6,7)/q+1;/p-1. The van der Waals surface area contributed by atoms with Gasteiger partial charge in [-0.15, -0.1) is 0 Å². The zero-order valence-electron chi connectivity index (χ0n) is 12.7. The lowest BCUT2D eigenvalue weighted by molar-refractivity contribution is -0.0517. The van der Waals surface area contributed by atoms with Crippen LogP contribution in [-0.4, -0.2) is 24.2 Å². The zero-order chi connectivity index (χ0) is 18.7. The zero-order valence-corrected chi connectivity index (χ0v) is 15.1. The predicted molar refractivity (Wildman–Crippen MR) is 94.2 cm³/mol. The molecule has 1 unspecified atom stereocenters. The van der Waals surface area contributed by atoms with Gasteiger partial charge >= 0.3 is 5.51 Å². The summed E-state index contributed by atoms with van der Waals surface area (Å²) in [5.74, 6) is 1.05. The molecule has 25 heavy (non-hydrogen) atoms. The van der Waals surface area contributed by atoms with Crippen molar-refractivity contribution in [3.8, 4) is 11.1 Å². The summed E-state index contributed by atoms with van der Waals surface area (Å²) in [4.78, 5) is 2.87. The summed E-state index contributed by atoms with van der Waals surface area (Å²) in [5, 5.41) is 0. The highest BCUT2D eigenvalue weighted by molar-refractivity contribution is 8.74. The van der Waals surface area contributed by atoms with Gasteiger partial charge in [-0.05, 0) is 24.3 Å². The third kappa shape index (κ3) is 4.81. The number of benzene rings is 2. The van der Waals surface area contributed by atoms with E-state index >= 15 is 0 Å². The van der Waals surface area contributed by atoms with Gasteiger partial charge < -0.3 is 4.55 Å². The van der Waals surface area contributed by atoms with Crippen molar-refractivity contribution >= 4 is 30.8 Å². The minimum atomic E-state index is -6.09. The SMILES string of the molecule is C=CC[S+]1Sc2ccccc2-c2ccccc21.O=S(=O)([O-])C(F)(F)F. The van der Waals surface area contributed by atoms with E-state index in [0.29, 0.717) is 0 Å². The molecule has 0 saturated carbocycles. The molecule has 0 aliphatic carbocycles. The van der Waals surface area contributed by atoms with Crippen LogP contribution in [0, 0.1) is 0 Å². The Morgan fingerprint density at radius 3 is 2.16 bits per heavy atom. The summed E-state index contributed by atoms with van der Waals surface area (Å²) >= 11 is 0. The summed E-state index contributed by atoms with van der Waals surface area (Å²) in [6.45, 7) is 3.88. The van der Waals surface area contributed by atoms with Gasteiger partial charge in [-0.2, -0.15) is 13.2 Å². The molecular weight excluding hydrogens is 393 g/mol. The minimum Gasteiger partial charge on any atom is -0.741 e. The molecule has 1 heterocycles. The molecule has 0 bridgehead atoms. The van der Waals surface area contributed by atoms with Crippen LogP contribution in [0.15, 0.2) is 71.0 Å². The van der Waals surface area contributed by atoms with Crippen LogP contribution in [0.5, 0.6) is 0 Å². The molecule has 2 aromatic rings. The number of halogens is 3. The summed E-state index contributed by atoms with van der Waals surface area (Å²) < 4.78 is 58.9. The lowest BCUT2D eigenvalue weighted by Gasteiger charge is -2.17. The number of alkyl halides is 3. The quantitative estimate of drug-likeness (QED) is 0.241. The molecule has 3 rings (SSSR count). The molecule has 3 nitrogen and oxygen atoms in total. The van der Waals surface area contributed by atoms with Crippen molar-refractivity contribution in [3.05, 3.63) is 61.2 Å². The maximum Gasteiger partial charge on any atom is 0.485 e. The first-order chi connectivity index (χ1) is 11.6. The normalized spacial score (nSPS) is 16.1. The van der Waals surface area contributed by atoms with Crippen LogP contribution in [0.1, 0.15) is 0 Å². The highest BCUT2D eigenvalue weighted by atomic mass is 33.1. The Morgan fingerprint density at radius 2 is 1.60 bits per heavy atom. The molecular formula is C16H13F3O3S3. The van der Waals surface area contributed by atoms with Crippen LogP contribution in [0.3, 0.4) is 0 Å². The summed E-state index contributed by atoms with van der Waals surface area (Å²) in [6, 6.07) is 17.4. The van der Waals surface area contributed by atoms with Gasteiger partial charge in [0.05, 0.1) is 4.90 Å². The van der Waals surface area contributed by atoms with E-state index in [1.807, 2.05) is 16.9 Å². The van der Waals surface area contributed by atoms with Crippen LogP contribution >= 0.6 is 10.8 Å². The van der Waals surface area contributed by atoms with Crippen LogP contribution in [0.25, 0.3) is 11.1 Å². The molecule has 134 valence electrons. The fraction of sp³-hybridized carbons (Fsp3) is 0.125. The van der Waals surface area contributed by atoms with Gasteiger partial charge in [-0.25, -0.2) is 8.42 Å². The van der Waals surface area contributed by atoms with E-state index in [-0.39, 0.29) is 9.93 Å². The van der Waals surface area contributed by atoms with E-state index in [1.54, 1.807) is 0 Å². The second-order valence-electron chi connectivity index (χ2n) is 4.78. The van der Waals surface area contributed by atoms with Crippen molar-refractivity contribution in [3.63, 3.8) is 0 Å². The molecule has 9 heteroatoms. The summed E-state index contributed by atoms with van der Waals surface area (Å²) in [6.07, 6.45) is 2.03. The van der Waals surface area contributed by atoms with Gasteiger partial charge in [0, 0.05) is 11.1 Å². The van der Waals surface area contributed by atoms with E-state index in [4.69, 9.17) is 13.0 Å². The average Bonchev–Trinajstić information content (AvgIpc) is 2.54. The number of rotatable bonds is 2. The summed E-state index contributed by atoms with van der Waals surface area (Å²) in [5.41, 5.74) is -2.87. The van der Waals surface area contributed by atoms with Gasteiger partial charge in [0.1, 0.15) is 26.5 Å². The molecule has 0 amide bonds. The number of hydrogen-bond donors (Lipinski definition) is 0. The van der Waals surface area contributed by atoms with E-state index in [2.05, 4.69) is 55.1 Å². The van der Waals surface area contributed by atoms with Gasteiger partial charge in [0.15, 0.2) is 15.0 Å². The molecule has 0 aromatic heterocycles. The van der Waals surface area contributed by atoms with Gasteiger partial charge in [-0.3, -0.25) is 0 Å². The number of fused-ring (bicyclic) bond motifs is 3. The van der Waals surface area contributed by atoms with Crippen molar-refractivity contribution in [1.29, 1.82) is 0 Å². The average molecular weight is 406 g/mol. The van der Waals surface area contributed by atoms with Crippen molar-refractivity contribution in [2.24, 2.45) is 0 Å². The fourth-order valence-electron chi connectivity index (χ4n) is 2.03. The van der Waals surface area contributed by atoms with Crippen molar-refractivity contribution in [1.82, 2.24) is 0 Å². The van der Waals surface area contributed by atoms with E-state index in [1.165, 1.54) is 20.9 Å². The lowest BCUT2D eigenvalue weighted by atomic mass is 10.1. The second-order valence-corrected chi connectivity index (χ2v) is 9.93. The van der Waals surface area contributed by atoms with Crippen molar-refractivity contribution in [2.45, 2.75) is 15.3 Å². The molecule has 2 aromatic carbocycles. The highest BCUT2D eigenvalue weighted by Gasteiger charge is 2.37. The van der Waals surface area contributed by atoms with Gasteiger partial charge in [0.25, 0.3) is 0 Å². The molecule has 1 aliphatic heterocycles. The Bertz CT molecular complexity index is 864. The Balaban J connectivity index is 0.000000242. The Kier molecular flexibility index (Phi) is 6.26. The first-order valence-electron chi connectivity index (χ1n) is 6.86.